The first kappa shape index (κ1) is 21.9. The average molecular weight is 442 g/mol. The van der Waals surface area contributed by atoms with E-state index in [1.165, 1.54) is 30.3 Å². The fraction of sp³-hybridized carbons (Fsp3) is 0.240. The van der Waals surface area contributed by atoms with Crippen LogP contribution in [0.4, 0.5) is 23.2 Å². The van der Waals surface area contributed by atoms with E-state index < -0.39 is 23.6 Å². The van der Waals surface area contributed by atoms with E-state index in [4.69, 9.17) is 0 Å². The molecule has 2 unspecified atom stereocenters. The molecule has 3 aromatic carbocycles. The Kier molecular flexibility index (Phi) is 6.17. The standard InChI is InChI=1S/C25H22F4N2O/c26-20-9-4-5-10-21(20)30-23(18-12-14-19(15-13-18)25(27,28)29)24(32)31-16-6-11-22(31)17-7-2-1-3-8-17/h1-5,7-10,12-15,22-23,30H,6,11,16H2. The number of benzene rings is 3. The molecule has 4 rings (SSSR count). The molecule has 1 heterocycles. The smallest absolute Gasteiger partial charge is 0.368 e. The monoisotopic (exact) mass is 442 g/mol. The van der Waals surface area contributed by atoms with Crippen molar-refractivity contribution < 1.29 is 22.4 Å². The van der Waals surface area contributed by atoms with Gasteiger partial charge < -0.3 is 10.2 Å². The quantitative estimate of drug-likeness (QED) is 0.466. The molecule has 1 aliphatic heterocycles. The number of anilines is 1. The predicted octanol–water partition coefficient (Wildman–Crippen LogP) is 6.36. The van der Waals surface area contributed by atoms with Crippen LogP contribution in [0, 0.1) is 5.82 Å². The zero-order chi connectivity index (χ0) is 22.7. The average Bonchev–Trinajstić information content (AvgIpc) is 3.28. The number of rotatable bonds is 5. The number of halogens is 4. The van der Waals surface area contributed by atoms with E-state index in [9.17, 15) is 22.4 Å². The Bertz CT molecular complexity index is 1070. The molecule has 0 bridgehead atoms. The molecule has 3 aromatic rings. The van der Waals surface area contributed by atoms with Gasteiger partial charge in [0.15, 0.2) is 0 Å². The molecule has 7 heteroatoms. The summed E-state index contributed by atoms with van der Waals surface area (Å²) in [7, 11) is 0. The Morgan fingerprint density at radius 1 is 0.938 bits per heavy atom. The van der Waals surface area contributed by atoms with Crippen LogP contribution in [0.5, 0.6) is 0 Å². The van der Waals surface area contributed by atoms with Gasteiger partial charge in [0.2, 0.25) is 5.91 Å². The van der Waals surface area contributed by atoms with Crippen LogP contribution in [0.25, 0.3) is 0 Å². The number of hydrogen-bond acceptors (Lipinski definition) is 2. The summed E-state index contributed by atoms with van der Waals surface area (Å²) in [6.07, 6.45) is -2.88. The summed E-state index contributed by atoms with van der Waals surface area (Å²) < 4.78 is 53.4. The van der Waals surface area contributed by atoms with Gasteiger partial charge in [0.05, 0.1) is 17.3 Å². The van der Waals surface area contributed by atoms with E-state index in [-0.39, 0.29) is 17.6 Å². The van der Waals surface area contributed by atoms with Gasteiger partial charge in [-0.25, -0.2) is 4.39 Å². The highest BCUT2D eigenvalue weighted by Crippen LogP contribution is 2.36. The lowest BCUT2D eigenvalue weighted by Crippen LogP contribution is -2.37. The molecule has 3 nitrogen and oxygen atoms in total. The number of amides is 1. The fourth-order valence-corrected chi connectivity index (χ4v) is 4.10. The number of likely N-dealkylation sites (tertiary alicyclic amines) is 1. The van der Waals surface area contributed by atoms with Gasteiger partial charge in [-0.1, -0.05) is 54.6 Å². The molecule has 1 aliphatic rings. The minimum atomic E-state index is -4.48. The molecule has 1 saturated heterocycles. The van der Waals surface area contributed by atoms with Crippen molar-refractivity contribution in [3.63, 3.8) is 0 Å². The van der Waals surface area contributed by atoms with Crippen molar-refractivity contribution in [2.75, 3.05) is 11.9 Å². The molecule has 166 valence electrons. The maximum absolute atomic E-state index is 14.3. The SMILES string of the molecule is O=C(C(Nc1ccccc1F)c1ccc(C(F)(F)F)cc1)N1CCCC1c1ccccc1. The fourth-order valence-electron chi connectivity index (χ4n) is 4.10. The van der Waals surface area contributed by atoms with E-state index in [1.54, 1.807) is 11.0 Å². The van der Waals surface area contributed by atoms with Crippen LogP contribution in [-0.4, -0.2) is 17.4 Å². The lowest BCUT2D eigenvalue weighted by molar-refractivity contribution is -0.137. The van der Waals surface area contributed by atoms with Crippen molar-refractivity contribution in [1.29, 1.82) is 0 Å². The maximum atomic E-state index is 14.3. The van der Waals surface area contributed by atoms with Crippen LogP contribution in [0.2, 0.25) is 0 Å². The van der Waals surface area contributed by atoms with Crippen LogP contribution in [-0.2, 0) is 11.0 Å². The van der Waals surface area contributed by atoms with Crippen molar-refractivity contribution in [2.45, 2.75) is 31.1 Å². The number of nitrogens with one attached hydrogen (secondary N) is 1. The van der Waals surface area contributed by atoms with Gasteiger partial charge in [0.1, 0.15) is 11.9 Å². The van der Waals surface area contributed by atoms with Gasteiger partial charge in [-0.05, 0) is 48.2 Å². The predicted molar refractivity (Wildman–Crippen MR) is 114 cm³/mol. The minimum Gasteiger partial charge on any atom is -0.368 e. The molecule has 0 radical (unpaired) electrons. The summed E-state index contributed by atoms with van der Waals surface area (Å²) in [5.41, 5.74) is 0.642. The largest absolute Gasteiger partial charge is 0.416 e. The molecule has 0 spiro atoms. The van der Waals surface area contributed by atoms with E-state index in [2.05, 4.69) is 5.32 Å². The minimum absolute atomic E-state index is 0.112. The molecular weight excluding hydrogens is 420 g/mol. The van der Waals surface area contributed by atoms with Crippen LogP contribution in [0.15, 0.2) is 78.9 Å². The van der Waals surface area contributed by atoms with Crippen LogP contribution in [0.1, 0.15) is 41.6 Å². The number of alkyl halides is 3. The highest BCUT2D eigenvalue weighted by Gasteiger charge is 2.36. The van der Waals surface area contributed by atoms with Gasteiger partial charge in [0, 0.05) is 6.54 Å². The molecule has 32 heavy (non-hydrogen) atoms. The van der Waals surface area contributed by atoms with Gasteiger partial charge in [-0.3, -0.25) is 4.79 Å². The van der Waals surface area contributed by atoms with Crippen molar-refractivity contribution in [1.82, 2.24) is 4.90 Å². The Morgan fingerprint density at radius 2 is 1.59 bits per heavy atom. The van der Waals surface area contributed by atoms with Gasteiger partial charge in [-0.15, -0.1) is 0 Å². The highest BCUT2D eigenvalue weighted by atomic mass is 19.4. The summed E-state index contributed by atoms with van der Waals surface area (Å²) in [4.78, 5) is 15.4. The highest BCUT2D eigenvalue weighted by molar-refractivity contribution is 5.87. The molecule has 0 aromatic heterocycles. The molecule has 0 saturated carbocycles. The van der Waals surface area contributed by atoms with Crippen molar-refractivity contribution in [3.8, 4) is 0 Å². The van der Waals surface area contributed by atoms with E-state index in [0.717, 1.165) is 30.5 Å². The van der Waals surface area contributed by atoms with Gasteiger partial charge in [0.25, 0.3) is 0 Å². The summed E-state index contributed by atoms with van der Waals surface area (Å²) in [6.45, 7) is 0.522. The van der Waals surface area contributed by atoms with Crippen LogP contribution >= 0.6 is 0 Å². The van der Waals surface area contributed by atoms with Crippen molar-refractivity contribution >= 4 is 11.6 Å². The summed E-state index contributed by atoms with van der Waals surface area (Å²) in [5, 5.41) is 2.92. The second-order valence-corrected chi connectivity index (χ2v) is 7.78. The first-order valence-electron chi connectivity index (χ1n) is 10.4. The zero-order valence-corrected chi connectivity index (χ0v) is 17.1. The lowest BCUT2D eigenvalue weighted by atomic mass is 10.0. The zero-order valence-electron chi connectivity index (χ0n) is 17.1. The lowest BCUT2D eigenvalue weighted by Gasteiger charge is -2.30. The normalized spacial score (nSPS) is 17.2. The Hall–Kier alpha value is -3.35. The third-order valence-corrected chi connectivity index (χ3v) is 5.71. The van der Waals surface area contributed by atoms with Crippen molar-refractivity contribution in [2.24, 2.45) is 0 Å². The van der Waals surface area contributed by atoms with Crippen LogP contribution in [0.3, 0.4) is 0 Å². The number of hydrogen-bond donors (Lipinski definition) is 1. The van der Waals surface area contributed by atoms with Crippen molar-refractivity contribution in [3.05, 3.63) is 101 Å². The van der Waals surface area contributed by atoms with E-state index in [0.29, 0.717) is 12.1 Å². The maximum Gasteiger partial charge on any atom is 0.416 e. The molecular formula is C25H22F4N2O. The van der Waals surface area contributed by atoms with Gasteiger partial charge in [-0.2, -0.15) is 13.2 Å². The van der Waals surface area contributed by atoms with E-state index >= 15 is 0 Å². The van der Waals surface area contributed by atoms with E-state index in [1.807, 2.05) is 30.3 Å². The molecule has 1 N–H and O–H groups in total. The molecule has 1 amide bonds. The second-order valence-electron chi connectivity index (χ2n) is 7.78. The summed E-state index contributed by atoms with van der Waals surface area (Å²) in [6, 6.07) is 18.8. The van der Waals surface area contributed by atoms with Crippen LogP contribution < -0.4 is 5.32 Å². The number of carbonyl (C=O) groups excluding carboxylic acids is 1. The first-order valence-corrected chi connectivity index (χ1v) is 10.4. The first-order chi connectivity index (χ1) is 15.3. The Morgan fingerprint density at radius 3 is 2.25 bits per heavy atom. The Balaban J connectivity index is 1.68. The third kappa shape index (κ3) is 4.61. The topological polar surface area (TPSA) is 32.3 Å². The molecule has 0 aliphatic carbocycles. The second kappa shape index (κ2) is 9.02. The molecule has 2 atom stereocenters. The number of carbonyl (C=O) groups is 1. The summed E-state index contributed by atoms with van der Waals surface area (Å²) in [5.74, 6) is -0.849. The summed E-state index contributed by atoms with van der Waals surface area (Å²) >= 11 is 0. The Labute approximate surface area is 183 Å². The molecule has 1 fully saturated rings. The number of para-hydroxylation sites is 1. The van der Waals surface area contributed by atoms with Gasteiger partial charge >= 0.3 is 6.18 Å². The number of nitrogens with zero attached hydrogens (tertiary/aromatic N) is 1. The third-order valence-electron chi connectivity index (χ3n) is 5.71.